The fourth-order valence-electron chi connectivity index (χ4n) is 3.43. The topological polar surface area (TPSA) is 60.2 Å². The summed E-state index contributed by atoms with van der Waals surface area (Å²) in [4.78, 5) is 17.0. The fraction of sp³-hybridized carbons (Fsp3) is 0.400. The number of urea groups is 1. The number of rotatable bonds is 1. The molecule has 110 valence electrons. The maximum atomic E-state index is 11.4. The summed E-state index contributed by atoms with van der Waals surface area (Å²) in [6.45, 7) is 2.57. The number of aromatic amines is 1. The van der Waals surface area contributed by atoms with Crippen LogP contribution in [0.25, 0.3) is 10.9 Å². The van der Waals surface area contributed by atoms with E-state index in [-0.39, 0.29) is 11.6 Å². The third-order valence-corrected chi connectivity index (χ3v) is 4.86. The van der Waals surface area contributed by atoms with Gasteiger partial charge < -0.3 is 20.5 Å². The van der Waals surface area contributed by atoms with E-state index in [1.807, 2.05) is 18.3 Å². The van der Waals surface area contributed by atoms with Gasteiger partial charge in [0.05, 0.1) is 5.54 Å². The standard InChI is InChI=1S/C15H17ClN4O/c16-10-7-12-11(1-4-17-12)13(8-10)20-5-2-15(3-6-20)9-18-14(21)19-15/h1,4,7-8,17H,2-3,5-6,9H2,(H2,18,19,21). The Kier molecular flexibility index (Phi) is 2.79. The van der Waals surface area contributed by atoms with Crippen molar-refractivity contribution in [2.24, 2.45) is 0 Å². The Morgan fingerprint density at radius 1 is 1.24 bits per heavy atom. The number of carbonyl (C=O) groups excluding carboxylic acids is 1. The average Bonchev–Trinajstić information content (AvgIpc) is 3.06. The van der Waals surface area contributed by atoms with Crippen LogP contribution >= 0.6 is 11.6 Å². The number of piperidine rings is 1. The van der Waals surface area contributed by atoms with Crippen molar-refractivity contribution in [1.29, 1.82) is 0 Å². The molecule has 1 aromatic heterocycles. The highest BCUT2D eigenvalue weighted by atomic mass is 35.5. The van der Waals surface area contributed by atoms with Gasteiger partial charge in [0.1, 0.15) is 0 Å². The van der Waals surface area contributed by atoms with E-state index in [2.05, 4.69) is 26.6 Å². The number of hydrogen-bond acceptors (Lipinski definition) is 2. The Hall–Kier alpha value is -1.88. The van der Waals surface area contributed by atoms with Crippen LogP contribution in [0.2, 0.25) is 5.02 Å². The largest absolute Gasteiger partial charge is 0.371 e. The first-order valence-electron chi connectivity index (χ1n) is 7.23. The lowest BCUT2D eigenvalue weighted by atomic mass is 9.88. The molecule has 0 radical (unpaired) electrons. The van der Waals surface area contributed by atoms with E-state index in [1.165, 1.54) is 11.1 Å². The summed E-state index contributed by atoms with van der Waals surface area (Å²) in [6, 6.07) is 6.03. The number of benzene rings is 1. The maximum Gasteiger partial charge on any atom is 0.315 e. The monoisotopic (exact) mass is 304 g/mol. The quantitative estimate of drug-likeness (QED) is 0.758. The second-order valence-electron chi connectivity index (χ2n) is 5.94. The molecular weight excluding hydrogens is 288 g/mol. The van der Waals surface area contributed by atoms with Crippen LogP contribution in [-0.4, -0.2) is 36.2 Å². The second-order valence-corrected chi connectivity index (χ2v) is 6.38. The van der Waals surface area contributed by atoms with Crippen LogP contribution in [-0.2, 0) is 0 Å². The molecule has 0 aliphatic carbocycles. The Labute approximate surface area is 127 Å². The third kappa shape index (κ3) is 2.12. The lowest BCUT2D eigenvalue weighted by molar-refractivity contribution is 0.240. The molecule has 4 rings (SSSR count). The van der Waals surface area contributed by atoms with Gasteiger partial charge in [0, 0.05) is 47.4 Å². The van der Waals surface area contributed by atoms with Crippen LogP contribution in [0.1, 0.15) is 12.8 Å². The Morgan fingerprint density at radius 3 is 2.76 bits per heavy atom. The van der Waals surface area contributed by atoms with Gasteiger partial charge in [0.2, 0.25) is 0 Å². The normalized spacial score (nSPS) is 20.8. The number of hydrogen-bond donors (Lipinski definition) is 3. The first-order valence-corrected chi connectivity index (χ1v) is 7.61. The lowest BCUT2D eigenvalue weighted by Gasteiger charge is -2.39. The van der Waals surface area contributed by atoms with Gasteiger partial charge in [-0.2, -0.15) is 0 Å². The van der Waals surface area contributed by atoms with Gasteiger partial charge in [-0.3, -0.25) is 0 Å². The minimum absolute atomic E-state index is 0.0424. The van der Waals surface area contributed by atoms with Crippen molar-refractivity contribution >= 4 is 34.2 Å². The molecule has 6 heteroatoms. The van der Waals surface area contributed by atoms with Gasteiger partial charge in [-0.05, 0) is 31.0 Å². The van der Waals surface area contributed by atoms with E-state index in [9.17, 15) is 4.79 Å². The molecule has 0 saturated carbocycles. The Bertz CT molecular complexity index is 703. The zero-order valence-corrected chi connectivity index (χ0v) is 12.3. The van der Waals surface area contributed by atoms with Crippen molar-refractivity contribution in [3.8, 4) is 0 Å². The van der Waals surface area contributed by atoms with E-state index in [0.717, 1.165) is 43.0 Å². The van der Waals surface area contributed by atoms with Crippen LogP contribution in [0.5, 0.6) is 0 Å². The average molecular weight is 305 g/mol. The molecule has 2 saturated heterocycles. The van der Waals surface area contributed by atoms with Crippen molar-refractivity contribution < 1.29 is 4.79 Å². The minimum atomic E-state index is -0.0661. The number of aromatic nitrogens is 1. The van der Waals surface area contributed by atoms with Gasteiger partial charge >= 0.3 is 6.03 Å². The van der Waals surface area contributed by atoms with Gasteiger partial charge in [-0.1, -0.05) is 11.6 Å². The SMILES string of the molecule is O=C1NCC2(CCN(c3cc(Cl)cc4[nH]ccc34)CC2)N1. The van der Waals surface area contributed by atoms with E-state index in [0.29, 0.717) is 0 Å². The van der Waals surface area contributed by atoms with Gasteiger partial charge in [-0.15, -0.1) is 0 Å². The Balaban J connectivity index is 1.60. The maximum absolute atomic E-state index is 11.4. The van der Waals surface area contributed by atoms with Crippen LogP contribution < -0.4 is 15.5 Å². The summed E-state index contributed by atoms with van der Waals surface area (Å²) in [5.41, 5.74) is 2.17. The van der Waals surface area contributed by atoms with Crippen LogP contribution in [0.4, 0.5) is 10.5 Å². The zero-order chi connectivity index (χ0) is 14.4. The predicted octanol–water partition coefficient (Wildman–Crippen LogP) is 2.47. The molecule has 21 heavy (non-hydrogen) atoms. The molecule has 2 amide bonds. The molecule has 0 atom stereocenters. The number of halogens is 1. The van der Waals surface area contributed by atoms with Crippen molar-refractivity contribution in [1.82, 2.24) is 15.6 Å². The summed E-state index contributed by atoms with van der Waals surface area (Å²) < 4.78 is 0. The minimum Gasteiger partial charge on any atom is -0.371 e. The smallest absolute Gasteiger partial charge is 0.315 e. The molecule has 2 aliphatic rings. The van der Waals surface area contributed by atoms with Gasteiger partial charge in [0.25, 0.3) is 0 Å². The number of H-pyrrole nitrogens is 1. The second kappa shape index (κ2) is 4.56. The summed E-state index contributed by atoms with van der Waals surface area (Å²) in [6.07, 6.45) is 3.84. The summed E-state index contributed by atoms with van der Waals surface area (Å²) in [5, 5.41) is 7.89. The number of nitrogens with zero attached hydrogens (tertiary/aromatic N) is 1. The molecule has 2 aliphatic heterocycles. The lowest BCUT2D eigenvalue weighted by Crippen LogP contribution is -2.52. The van der Waals surface area contributed by atoms with Crippen molar-refractivity contribution in [2.75, 3.05) is 24.5 Å². The first-order chi connectivity index (χ1) is 10.2. The summed E-state index contributed by atoms with van der Waals surface area (Å²) in [5.74, 6) is 0. The van der Waals surface area contributed by atoms with E-state index >= 15 is 0 Å². The van der Waals surface area contributed by atoms with Crippen molar-refractivity contribution in [3.63, 3.8) is 0 Å². The molecule has 2 fully saturated rings. The number of amides is 2. The van der Waals surface area contributed by atoms with E-state index in [4.69, 9.17) is 11.6 Å². The molecule has 0 unspecified atom stereocenters. The zero-order valence-electron chi connectivity index (χ0n) is 11.6. The van der Waals surface area contributed by atoms with E-state index in [1.54, 1.807) is 0 Å². The van der Waals surface area contributed by atoms with Gasteiger partial charge in [0.15, 0.2) is 0 Å². The number of anilines is 1. The third-order valence-electron chi connectivity index (χ3n) is 4.64. The summed E-state index contributed by atoms with van der Waals surface area (Å²) >= 11 is 6.23. The molecule has 1 spiro atoms. The van der Waals surface area contributed by atoms with Crippen molar-refractivity contribution in [2.45, 2.75) is 18.4 Å². The number of nitrogens with one attached hydrogen (secondary N) is 3. The number of fused-ring (bicyclic) bond motifs is 1. The molecule has 1 aromatic carbocycles. The fourth-order valence-corrected chi connectivity index (χ4v) is 3.64. The molecule has 3 N–H and O–H groups in total. The molecule has 0 bridgehead atoms. The Morgan fingerprint density at radius 2 is 2.05 bits per heavy atom. The van der Waals surface area contributed by atoms with Crippen LogP contribution in [0, 0.1) is 0 Å². The highest BCUT2D eigenvalue weighted by molar-refractivity contribution is 6.31. The highest BCUT2D eigenvalue weighted by Gasteiger charge is 2.40. The molecular formula is C15H17ClN4O. The molecule has 3 heterocycles. The highest BCUT2D eigenvalue weighted by Crippen LogP contribution is 2.34. The van der Waals surface area contributed by atoms with Crippen LogP contribution in [0.3, 0.4) is 0 Å². The molecule has 2 aromatic rings. The van der Waals surface area contributed by atoms with Crippen LogP contribution in [0.15, 0.2) is 24.4 Å². The van der Waals surface area contributed by atoms with E-state index < -0.39 is 0 Å². The summed E-state index contributed by atoms with van der Waals surface area (Å²) in [7, 11) is 0. The number of carbonyl (C=O) groups is 1. The first kappa shape index (κ1) is 12.8. The van der Waals surface area contributed by atoms with Crippen molar-refractivity contribution in [3.05, 3.63) is 29.4 Å². The van der Waals surface area contributed by atoms with Gasteiger partial charge in [-0.25, -0.2) is 4.79 Å². The predicted molar refractivity (Wildman–Crippen MR) is 84.0 cm³/mol. The molecule has 5 nitrogen and oxygen atoms in total.